The van der Waals surface area contributed by atoms with Crippen molar-refractivity contribution >= 4 is 33.2 Å². The minimum Gasteiger partial charge on any atom is -0.399 e. The minimum absolute atomic E-state index is 0.0852. The molecule has 0 bridgehead atoms. The fraction of sp³-hybridized carbons (Fsp3) is 0.0769. The van der Waals surface area contributed by atoms with Gasteiger partial charge in [-0.15, -0.1) is 0 Å². The molecule has 1 amide bonds. The number of hydrogen-bond acceptors (Lipinski definition) is 3. The number of nitrogen functional groups attached to an aromatic ring is 1. The molecule has 0 fully saturated rings. The first-order valence-corrected chi connectivity index (χ1v) is 6.35. The van der Waals surface area contributed by atoms with Crippen molar-refractivity contribution in [2.45, 2.75) is 6.54 Å². The summed E-state index contributed by atoms with van der Waals surface area (Å²) >= 11 is 3.33. The van der Waals surface area contributed by atoms with E-state index in [2.05, 4.69) is 21.2 Å². The van der Waals surface area contributed by atoms with Crippen LogP contribution < -0.4 is 16.5 Å². The number of benzene rings is 1. The number of carbonyl (C=O) groups is 1. The van der Waals surface area contributed by atoms with Gasteiger partial charge >= 0.3 is 0 Å². The molecule has 0 aliphatic carbocycles. The van der Waals surface area contributed by atoms with Crippen LogP contribution in [0.3, 0.4) is 0 Å². The summed E-state index contributed by atoms with van der Waals surface area (Å²) in [4.78, 5) is 22.8. The minimum atomic E-state index is -0.186. The zero-order valence-corrected chi connectivity index (χ0v) is 11.6. The molecule has 6 heteroatoms. The van der Waals surface area contributed by atoms with Gasteiger partial charge in [0.05, 0.1) is 5.69 Å². The Morgan fingerprint density at radius 1 is 1.26 bits per heavy atom. The van der Waals surface area contributed by atoms with Crippen LogP contribution >= 0.6 is 15.9 Å². The Morgan fingerprint density at radius 2 is 1.95 bits per heavy atom. The van der Waals surface area contributed by atoms with E-state index >= 15 is 0 Å². The van der Waals surface area contributed by atoms with Crippen LogP contribution in [0.5, 0.6) is 0 Å². The van der Waals surface area contributed by atoms with Gasteiger partial charge in [0.15, 0.2) is 5.43 Å². The van der Waals surface area contributed by atoms with Gasteiger partial charge in [-0.05, 0) is 34.1 Å². The highest BCUT2D eigenvalue weighted by molar-refractivity contribution is 9.10. The molecule has 0 saturated heterocycles. The predicted molar refractivity (Wildman–Crippen MR) is 77.9 cm³/mol. The van der Waals surface area contributed by atoms with Gasteiger partial charge in [0.1, 0.15) is 6.54 Å². The van der Waals surface area contributed by atoms with E-state index in [4.69, 9.17) is 5.73 Å². The first kappa shape index (κ1) is 13.4. The van der Waals surface area contributed by atoms with Crippen LogP contribution in [-0.4, -0.2) is 10.5 Å². The number of nitrogens with one attached hydrogen (secondary N) is 1. The lowest BCUT2D eigenvalue weighted by atomic mass is 10.3. The number of nitrogens with two attached hydrogens (primary N) is 1. The van der Waals surface area contributed by atoms with Gasteiger partial charge in [-0.2, -0.15) is 0 Å². The molecule has 0 spiro atoms. The van der Waals surface area contributed by atoms with Crippen molar-refractivity contribution in [3.8, 4) is 0 Å². The number of amides is 1. The Morgan fingerprint density at radius 3 is 2.58 bits per heavy atom. The summed E-state index contributed by atoms with van der Waals surface area (Å²) in [6.07, 6.45) is 3.14. The second-order valence-corrected chi connectivity index (χ2v) is 4.85. The zero-order chi connectivity index (χ0) is 13.8. The number of aromatic nitrogens is 1. The third-order valence-electron chi connectivity index (χ3n) is 2.45. The van der Waals surface area contributed by atoms with Crippen molar-refractivity contribution in [1.29, 1.82) is 0 Å². The molecule has 2 aromatic rings. The van der Waals surface area contributed by atoms with E-state index in [0.717, 1.165) is 4.47 Å². The monoisotopic (exact) mass is 321 g/mol. The standard InChI is InChI=1S/C13H12BrN3O2/c14-11-7-9(15)1-2-12(11)16-13(19)8-17-5-3-10(18)4-6-17/h1-7H,8,15H2,(H,16,19). The van der Waals surface area contributed by atoms with Crippen LogP contribution in [0.25, 0.3) is 0 Å². The normalized spacial score (nSPS) is 10.2. The average Bonchev–Trinajstić information content (AvgIpc) is 2.36. The first-order chi connectivity index (χ1) is 9.04. The van der Waals surface area contributed by atoms with Gasteiger partial charge < -0.3 is 15.6 Å². The van der Waals surface area contributed by atoms with Crippen LogP contribution in [0.4, 0.5) is 11.4 Å². The van der Waals surface area contributed by atoms with Crippen LogP contribution in [-0.2, 0) is 11.3 Å². The Hall–Kier alpha value is -2.08. The third kappa shape index (κ3) is 3.69. The smallest absolute Gasteiger partial charge is 0.244 e. The predicted octanol–water partition coefficient (Wildman–Crippen LogP) is 1.83. The van der Waals surface area contributed by atoms with Gasteiger partial charge in [0.25, 0.3) is 0 Å². The molecule has 0 atom stereocenters. The molecule has 0 aliphatic heterocycles. The molecule has 1 heterocycles. The molecule has 0 radical (unpaired) electrons. The second-order valence-electron chi connectivity index (χ2n) is 3.99. The fourth-order valence-corrected chi connectivity index (χ4v) is 2.03. The molecule has 0 saturated carbocycles. The Kier molecular flexibility index (Phi) is 4.01. The van der Waals surface area contributed by atoms with Crippen molar-refractivity contribution in [3.05, 3.63) is 57.4 Å². The quantitative estimate of drug-likeness (QED) is 0.847. The highest BCUT2D eigenvalue weighted by Crippen LogP contribution is 2.24. The van der Waals surface area contributed by atoms with Crippen molar-refractivity contribution in [2.75, 3.05) is 11.1 Å². The third-order valence-corrected chi connectivity index (χ3v) is 3.11. The summed E-state index contributed by atoms with van der Waals surface area (Å²) in [5.41, 5.74) is 6.80. The second kappa shape index (κ2) is 5.71. The number of anilines is 2. The van der Waals surface area contributed by atoms with Gasteiger partial charge in [0, 0.05) is 34.7 Å². The molecule has 0 unspecified atom stereocenters. The lowest BCUT2D eigenvalue weighted by Crippen LogP contribution is -2.19. The van der Waals surface area contributed by atoms with E-state index in [1.165, 1.54) is 12.1 Å². The number of halogens is 1. The summed E-state index contributed by atoms with van der Waals surface area (Å²) in [5.74, 6) is -0.186. The zero-order valence-electron chi connectivity index (χ0n) is 9.97. The van der Waals surface area contributed by atoms with Crippen LogP contribution in [0.2, 0.25) is 0 Å². The van der Waals surface area contributed by atoms with Crippen LogP contribution in [0, 0.1) is 0 Å². The summed E-state index contributed by atoms with van der Waals surface area (Å²) in [5, 5.41) is 2.76. The Labute approximate surface area is 118 Å². The summed E-state index contributed by atoms with van der Waals surface area (Å²) < 4.78 is 2.35. The maximum Gasteiger partial charge on any atom is 0.244 e. The van der Waals surface area contributed by atoms with E-state index in [0.29, 0.717) is 11.4 Å². The van der Waals surface area contributed by atoms with Gasteiger partial charge in [-0.3, -0.25) is 9.59 Å². The number of hydrogen-bond donors (Lipinski definition) is 2. The van der Waals surface area contributed by atoms with E-state index in [-0.39, 0.29) is 17.9 Å². The van der Waals surface area contributed by atoms with Gasteiger partial charge in [-0.1, -0.05) is 0 Å². The number of carbonyl (C=O) groups excluding carboxylic acids is 1. The summed E-state index contributed by atoms with van der Waals surface area (Å²) in [7, 11) is 0. The van der Waals surface area contributed by atoms with Gasteiger partial charge in [-0.25, -0.2) is 0 Å². The summed E-state index contributed by atoms with van der Waals surface area (Å²) in [6.45, 7) is 0.136. The molecule has 3 N–H and O–H groups in total. The Bertz CT molecular complexity index is 647. The van der Waals surface area contributed by atoms with Crippen LogP contribution in [0.1, 0.15) is 0 Å². The average molecular weight is 322 g/mol. The topological polar surface area (TPSA) is 77.1 Å². The molecule has 5 nitrogen and oxygen atoms in total. The lowest BCUT2D eigenvalue weighted by Gasteiger charge is -2.09. The van der Waals surface area contributed by atoms with Crippen molar-refractivity contribution in [1.82, 2.24) is 4.57 Å². The number of nitrogens with zero attached hydrogens (tertiary/aromatic N) is 1. The SMILES string of the molecule is Nc1ccc(NC(=O)Cn2ccc(=O)cc2)c(Br)c1. The van der Waals surface area contributed by atoms with E-state index in [1.54, 1.807) is 35.2 Å². The van der Waals surface area contributed by atoms with E-state index in [9.17, 15) is 9.59 Å². The number of rotatable bonds is 3. The fourth-order valence-electron chi connectivity index (χ4n) is 1.54. The van der Waals surface area contributed by atoms with Crippen molar-refractivity contribution in [3.63, 3.8) is 0 Å². The first-order valence-electron chi connectivity index (χ1n) is 5.55. The Balaban J connectivity index is 2.05. The molecule has 1 aromatic carbocycles. The number of pyridine rings is 1. The largest absolute Gasteiger partial charge is 0.399 e. The molecular formula is C13H12BrN3O2. The highest BCUT2D eigenvalue weighted by atomic mass is 79.9. The maximum atomic E-state index is 11.8. The molecule has 98 valence electrons. The summed E-state index contributed by atoms with van der Waals surface area (Å²) in [6, 6.07) is 7.97. The lowest BCUT2D eigenvalue weighted by molar-refractivity contribution is -0.116. The van der Waals surface area contributed by atoms with E-state index < -0.39 is 0 Å². The molecule has 0 aliphatic rings. The van der Waals surface area contributed by atoms with Gasteiger partial charge in [0.2, 0.25) is 5.91 Å². The van der Waals surface area contributed by atoms with Crippen molar-refractivity contribution < 1.29 is 4.79 Å². The molecule has 19 heavy (non-hydrogen) atoms. The highest BCUT2D eigenvalue weighted by Gasteiger charge is 2.06. The van der Waals surface area contributed by atoms with Crippen LogP contribution in [0.15, 0.2) is 52.0 Å². The van der Waals surface area contributed by atoms with E-state index in [1.807, 2.05) is 0 Å². The molecule has 2 rings (SSSR count). The van der Waals surface area contributed by atoms with Crippen molar-refractivity contribution in [2.24, 2.45) is 0 Å². The maximum absolute atomic E-state index is 11.8. The molecular weight excluding hydrogens is 310 g/mol. The molecule has 1 aromatic heterocycles.